The number of hydrogen-bond donors (Lipinski definition) is 1. The predicted molar refractivity (Wildman–Crippen MR) is 79.2 cm³/mol. The number of benzene rings is 1. The van der Waals surface area contributed by atoms with Gasteiger partial charge in [-0.3, -0.25) is 4.57 Å². The standard InChI is InChI=1S/C13H20BrO4P/c1-9(2)17-19(16,18-10(3)4)13(15)11-7-5-6-8-12(11)14/h5-10,13,15H,1-4H3. The molecular formula is C13H20BrO4P. The fourth-order valence-electron chi connectivity index (χ4n) is 1.58. The molecule has 1 unspecified atom stereocenters. The van der Waals surface area contributed by atoms with Crippen LogP contribution in [-0.2, 0) is 13.6 Å². The Bertz CT molecular complexity index is 448. The van der Waals surface area contributed by atoms with E-state index in [2.05, 4.69) is 15.9 Å². The van der Waals surface area contributed by atoms with Crippen molar-refractivity contribution in [1.29, 1.82) is 0 Å². The average molecular weight is 351 g/mol. The molecule has 0 bridgehead atoms. The molecular weight excluding hydrogens is 331 g/mol. The van der Waals surface area contributed by atoms with E-state index in [0.29, 0.717) is 10.0 Å². The molecule has 0 aliphatic carbocycles. The first-order valence-corrected chi connectivity index (χ1v) is 8.55. The first-order valence-electron chi connectivity index (χ1n) is 6.15. The Hall–Kier alpha value is -0.190. The summed E-state index contributed by atoms with van der Waals surface area (Å²) in [4.78, 5) is 0. The zero-order valence-corrected chi connectivity index (χ0v) is 14.0. The van der Waals surface area contributed by atoms with Gasteiger partial charge in [-0.05, 0) is 33.8 Å². The van der Waals surface area contributed by atoms with Crippen molar-refractivity contribution >= 4 is 23.5 Å². The Kier molecular flexibility index (Phi) is 6.21. The van der Waals surface area contributed by atoms with Crippen LogP contribution in [0.5, 0.6) is 0 Å². The van der Waals surface area contributed by atoms with E-state index in [4.69, 9.17) is 9.05 Å². The molecule has 4 nitrogen and oxygen atoms in total. The van der Waals surface area contributed by atoms with E-state index in [1.54, 1.807) is 45.9 Å². The SMILES string of the molecule is CC(C)OP(=O)(OC(C)C)C(O)c1ccccc1Br. The molecule has 19 heavy (non-hydrogen) atoms. The second-order valence-electron chi connectivity index (χ2n) is 4.74. The third-order valence-electron chi connectivity index (χ3n) is 2.20. The van der Waals surface area contributed by atoms with Crippen LogP contribution in [0.25, 0.3) is 0 Å². The van der Waals surface area contributed by atoms with Crippen LogP contribution in [-0.4, -0.2) is 17.3 Å². The lowest BCUT2D eigenvalue weighted by molar-refractivity contribution is 0.101. The predicted octanol–water partition coefficient (Wildman–Crippen LogP) is 4.48. The summed E-state index contributed by atoms with van der Waals surface area (Å²) < 4.78 is 24.2. The van der Waals surface area contributed by atoms with E-state index in [1.165, 1.54) is 0 Å². The highest BCUT2D eigenvalue weighted by Gasteiger charge is 2.38. The Labute approximate surface area is 122 Å². The average Bonchev–Trinajstić information content (AvgIpc) is 2.26. The van der Waals surface area contributed by atoms with Crippen molar-refractivity contribution < 1.29 is 18.7 Å². The quantitative estimate of drug-likeness (QED) is 0.768. The van der Waals surface area contributed by atoms with E-state index >= 15 is 0 Å². The topological polar surface area (TPSA) is 55.8 Å². The summed E-state index contributed by atoms with van der Waals surface area (Å²) in [5.74, 6) is -1.31. The van der Waals surface area contributed by atoms with E-state index in [9.17, 15) is 9.67 Å². The van der Waals surface area contributed by atoms with Crippen LogP contribution in [0.15, 0.2) is 28.7 Å². The van der Waals surface area contributed by atoms with Gasteiger partial charge in [0.1, 0.15) is 0 Å². The van der Waals surface area contributed by atoms with Crippen molar-refractivity contribution in [3.63, 3.8) is 0 Å². The smallest absolute Gasteiger partial charge is 0.363 e. The molecule has 6 heteroatoms. The third kappa shape index (κ3) is 4.69. The fourth-order valence-corrected chi connectivity index (χ4v) is 4.28. The molecule has 0 amide bonds. The van der Waals surface area contributed by atoms with Gasteiger partial charge in [0.25, 0.3) is 0 Å². The molecule has 0 fully saturated rings. The van der Waals surface area contributed by atoms with Gasteiger partial charge in [0.05, 0.1) is 12.2 Å². The number of hydrogen-bond acceptors (Lipinski definition) is 4. The van der Waals surface area contributed by atoms with Crippen LogP contribution in [0, 0.1) is 0 Å². The van der Waals surface area contributed by atoms with Gasteiger partial charge < -0.3 is 14.2 Å². The molecule has 0 spiro atoms. The van der Waals surface area contributed by atoms with E-state index in [1.807, 2.05) is 6.07 Å². The largest absolute Gasteiger partial charge is 0.376 e. The molecule has 1 N–H and O–H groups in total. The van der Waals surface area contributed by atoms with Gasteiger partial charge in [-0.2, -0.15) is 0 Å². The lowest BCUT2D eigenvalue weighted by Crippen LogP contribution is -2.13. The fraction of sp³-hybridized carbons (Fsp3) is 0.538. The number of halogens is 1. The molecule has 0 saturated carbocycles. The van der Waals surface area contributed by atoms with Crippen molar-refractivity contribution in [3.05, 3.63) is 34.3 Å². The summed E-state index contributed by atoms with van der Waals surface area (Å²) in [6, 6.07) is 7.04. The van der Waals surface area contributed by atoms with Gasteiger partial charge in [0.2, 0.25) is 0 Å². The monoisotopic (exact) mass is 350 g/mol. The summed E-state index contributed by atoms with van der Waals surface area (Å²) in [5, 5.41) is 10.4. The Morgan fingerprint density at radius 2 is 1.58 bits per heavy atom. The molecule has 1 aromatic carbocycles. The molecule has 0 aromatic heterocycles. The maximum absolute atomic E-state index is 12.8. The van der Waals surface area contributed by atoms with Crippen molar-refractivity contribution in [2.24, 2.45) is 0 Å². The molecule has 108 valence electrons. The van der Waals surface area contributed by atoms with Gasteiger partial charge >= 0.3 is 7.60 Å². The van der Waals surface area contributed by atoms with Gasteiger partial charge in [0.15, 0.2) is 5.85 Å². The Morgan fingerprint density at radius 3 is 2.00 bits per heavy atom. The van der Waals surface area contributed by atoms with Crippen LogP contribution < -0.4 is 0 Å². The minimum absolute atomic E-state index is 0.304. The van der Waals surface area contributed by atoms with E-state index in [0.717, 1.165) is 0 Å². The first-order chi connectivity index (χ1) is 8.76. The summed E-state index contributed by atoms with van der Waals surface area (Å²) >= 11 is 3.33. The van der Waals surface area contributed by atoms with Crippen LogP contribution in [0.1, 0.15) is 39.1 Å². The Morgan fingerprint density at radius 1 is 1.11 bits per heavy atom. The highest BCUT2D eigenvalue weighted by atomic mass is 79.9. The second kappa shape index (κ2) is 7.00. The minimum Gasteiger partial charge on any atom is -0.376 e. The summed E-state index contributed by atoms with van der Waals surface area (Å²) in [5.41, 5.74) is 0.493. The zero-order valence-electron chi connectivity index (χ0n) is 11.5. The van der Waals surface area contributed by atoms with Crippen LogP contribution in [0.4, 0.5) is 0 Å². The highest BCUT2D eigenvalue weighted by Crippen LogP contribution is 2.61. The van der Waals surface area contributed by atoms with Gasteiger partial charge in [-0.25, -0.2) is 0 Å². The van der Waals surface area contributed by atoms with Crippen molar-refractivity contribution in [2.45, 2.75) is 45.7 Å². The third-order valence-corrected chi connectivity index (χ3v) is 5.23. The number of aliphatic hydroxyl groups excluding tert-OH is 1. The number of aliphatic hydroxyl groups is 1. The molecule has 0 aliphatic rings. The normalized spacial score (nSPS) is 14.1. The highest BCUT2D eigenvalue weighted by molar-refractivity contribution is 9.10. The second-order valence-corrected chi connectivity index (χ2v) is 7.59. The molecule has 0 heterocycles. The summed E-state index contributed by atoms with van der Waals surface area (Å²) in [6.45, 7) is 7.01. The van der Waals surface area contributed by atoms with Gasteiger partial charge in [-0.1, -0.05) is 34.1 Å². The lowest BCUT2D eigenvalue weighted by Gasteiger charge is -2.27. The molecule has 1 atom stereocenters. The molecule has 1 aromatic rings. The van der Waals surface area contributed by atoms with E-state index < -0.39 is 13.4 Å². The first kappa shape index (κ1) is 16.9. The summed E-state index contributed by atoms with van der Waals surface area (Å²) in [7, 11) is -3.65. The van der Waals surface area contributed by atoms with Crippen molar-refractivity contribution in [3.8, 4) is 0 Å². The minimum atomic E-state index is -3.65. The molecule has 0 aliphatic heterocycles. The molecule has 0 saturated heterocycles. The number of rotatable bonds is 6. The Balaban J connectivity index is 3.11. The molecule has 1 rings (SSSR count). The maximum atomic E-state index is 12.8. The van der Waals surface area contributed by atoms with Crippen molar-refractivity contribution in [1.82, 2.24) is 0 Å². The summed E-state index contributed by atoms with van der Waals surface area (Å²) in [6.07, 6.45) is -0.608. The lowest BCUT2D eigenvalue weighted by atomic mass is 10.2. The van der Waals surface area contributed by atoms with Crippen LogP contribution in [0.3, 0.4) is 0 Å². The van der Waals surface area contributed by atoms with Gasteiger partial charge in [-0.15, -0.1) is 0 Å². The van der Waals surface area contributed by atoms with Crippen LogP contribution in [0.2, 0.25) is 0 Å². The van der Waals surface area contributed by atoms with Gasteiger partial charge in [0, 0.05) is 10.0 Å². The molecule has 0 radical (unpaired) electrons. The van der Waals surface area contributed by atoms with E-state index in [-0.39, 0.29) is 12.2 Å². The van der Waals surface area contributed by atoms with Crippen LogP contribution >= 0.6 is 23.5 Å². The zero-order chi connectivity index (χ0) is 14.6. The maximum Gasteiger partial charge on any atom is 0.363 e. The van der Waals surface area contributed by atoms with Crippen molar-refractivity contribution in [2.75, 3.05) is 0 Å².